The van der Waals surface area contributed by atoms with Gasteiger partial charge in [0.15, 0.2) is 11.5 Å². The van der Waals surface area contributed by atoms with Crippen LogP contribution in [-0.2, 0) is 17.6 Å². The number of nitrogens with one attached hydrogen (secondary N) is 1. The normalized spacial score (nSPS) is 14.0. The van der Waals surface area contributed by atoms with Crippen LogP contribution in [-0.4, -0.2) is 23.0 Å². The number of aromatic nitrogens is 2. The third kappa shape index (κ3) is 3.73. The molecule has 5 heteroatoms. The van der Waals surface area contributed by atoms with Crippen molar-refractivity contribution in [3.05, 3.63) is 41.5 Å². The summed E-state index contributed by atoms with van der Waals surface area (Å²) in [5.74, 6) is 2.23. The van der Waals surface area contributed by atoms with Crippen molar-refractivity contribution in [3.8, 4) is 11.5 Å². The van der Waals surface area contributed by atoms with Gasteiger partial charge in [-0.1, -0.05) is 25.8 Å². The first-order chi connectivity index (χ1) is 11.3. The highest BCUT2D eigenvalue weighted by Gasteiger charge is 2.18. The Kier molecular flexibility index (Phi) is 4.95. The van der Waals surface area contributed by atoms with E-state index < -0.39 is 0 Å². The van der Waals surface area contributed by atoms with Crippen molar-refractivity contribution < 1.29 is 14.3 Å². The Morgan fingerprint density at radius 1 is 1.30 bits per heavy atom. The second kappa shape index (κ2) is 7.31. The molecule has 0 fully saturated rings. The van der Waals surface area contributed by atoms with Crippen LogP contribution in [0, 0.1) is 0 Å². The van der Waals surface area contributed by atoms with Crippen molar-refractivity contribution in [2.24, 2.45) is 0 Å². The van der Waals surface area contributed by atoms with E-state index in [0.29, 0.717) is 12.2 Å². The van der Waals surface area contributed by atoms with Crippen molar-refractivity contribution in [1.82, 2.24) is 9.97 Å². The zero-order valence-corrected chi connectivity index (χ0v) is 13.4. The number of hydrogen-bond donors (Lipinski definition) is 1. The average molecular weight is 314 g/mol. The number of benzene rings is 1. The Morgan fingerprint density at radius 3 is 3.00 bits per heavy atom. The summed E-state index contributed by atoms with van der Waals surface area (Å²) in [6, 6.07) is 5.67. The number of nitrogens with zero attached hydrogens (tertiary/aromatic N) is 1. The molecule has 2 heterocycles. The third-order valence-corrected chi connectivity index (χ3v) is 4.13. The Balaban J connectivity index is 1.66. The Bertz CT molecular complexity index is 666. The van der Waals surface area contributed by atoms with Crippen LogP contribution in [0.25, 0.3) is 0 Å². The minimum atomic E-state index is -0.214. The number of fused-ring (bicyclic) bond motifs is 1. The largest absolute Gasteiger partial charge is 0.454 e. The molecule has 3 rings (SSSR count). The number of carbonyl (C=O) groups excluding carboxylic acids is 1. The first-order valence-corrected chi connectivity index (χ1v) is 8.17. The first kappa shape index (κ1) is 15.6. The Morgan fingerprint density at radius 2 is 2.17 bits per heavy atom. The summed E-state index contributed by atoms with van der Waals surface area (Å²) in [5.41, 5.74) is 1.93. The van der Waals surface area contributed by atoms with Gasteiger partial charge in [0.05, 0.1) is 0 Å². The number of imidazole rings is 1. The number of unbranched alkanes of at least 4 members (excludes halogenated alkanes) is 2. The molecule has 122 valence electrons. The Hall–Kier alpha value is -2.30. The summed E-state index contributed by atoms with van der Waals surface area (Å²) in [5, 5.41) is 0. The van der Waals surface area contributed by atoms with Crippen molar-refractivity contribution in [1.29, 1.82) is 0 Å². The molecule has 0 aliphatic carbocycles. The minimum Gasteiger partial charge on any atom is -0.454 e. The van der Waals surface area contributed by atoms with E-state index in [4.69, 9.17) is 9.47 Å². The molecule has 0 amide bonds. The molecular weight excluding hydrogens is 292 g/mol. The van der Waals surface area contributed by atoms with Gasteiger partial charge in [-0.3, -0.25) is 0 Å². The van der Waals surface area contributed by atoms with Gasteiger partial charge in [0, 0.05) is 30.7 Å². The van der Waals surface area contributed by atoms with Gasteiger partial charge in [0.25, 0.3) is 0 Å². The van der Waals surface area contributed by atoms with Gasteiger partial charge in [-0.2, -0.15) is 0 Å². The molecule has 1 atom stereocenters. The molecule has 0 saturated heterocycles. The molecule has 2 aromatic rings. The zero-order valence-electron chi connectivity index (χ0n) is 13.4. The highest BCUT2D eigenvalue weighted by molar-refractivity contribution is 5.64. The van der Waals surface area contributed by atoms with Crippen LogP contribution < -0.4 is 9.47 Å². The summed E-state index contributed by atoms with van der Waals surface area (Å²) >= 11 is 0. The molecular formula is C18H22N2O3. The van der Waals surface area contributed by atoms with Gasteiger partial charge < -0.3 is 19.3 Å². The van der Waals surface area contributed by atoms with Gasteiger partial charge in [0.1, 0.15) is 12.1 Å². The number of aryl methyl sites for hydroxylation is 1. The van der Waals surface area contributed by atoms with E-state index in [1.165, 1.54) is 12.8 Å². The monoisotopic (exact) mass is 314 g/mol. The van der Waals surface area contributed by atoms with Crippen LogP contribution in [0.1, 0.15) is 49.2 Å². The molecule has 0 unspecified atom stereocenters. The van der Waals surface area contributed by atoms with Crippen molar-refractivity contribution in [2.45, 2.75) is 44.9 Å². The summed E-state index contributed by atoms with van der Waals surface area (Å²) in [6.07, 6.45) is 7.95. The summed E-state index contributed by atoms with van der Waals surface area (Å²) < 4.78 is 10.7. The van der Waals surface area contributed by atoms with E-state index in [1.807, 2.05) is 24.4 Å². The van der Waals surface area contributed by atoms with Crippen LogP contribution in [0.2, 0.25) is 0 Å². The average Bonchev–Trinajstić information content (AvgIpc) is 3.21. The smallest absolute Gasteiger partial charge is 0.231 e. The summed E-state index contributed by atoms with van der Waals surface area (Å²) in [6.45, 7) is 2.43. The van der Waals surface area contributed by atoms with E-state index >= 15 is 0 Å². The third-order valence-electron chi connectivity index (χ3n) is 4.13. The molecule has 0 saturated carbocycles. The van der Waals surface area contributed by atoms with Crippen LogP contribution >= 0.6 is 0 Å². The molecule has 1 aromatic heterocycles. The number of ether oxygens (including phenoxy) is 2. The van der Waals surface area contributed by atoms with E-state index in [0.717, 1.165) is 42.0 Å². The molecule has 0 spiro atoms. The van der Waals surface area contributed by atoms with Gasteiger partial charge >= 0.3 is 0 Å². The van der Waals surface area contributed by atoms with Crippen molar-refractivity contribution in [3.63, 3.8) is 0 Å². The van der Waals surface area contributed by atoms with E-state index in [1.54, 1.807) is 0 Å². The number of H-pyrrole nitrogens is 1. The predicted octanol–water partition coefficient (Wildman–Crippen LogP) is 3.40. The molecule has 1 aliphatic heterocycles. The maximum atomic E-state index is 11.5. The lowest BCUT2D eigenvalue weighted by molar-refractivity contribution is -0.109. The van der Waals surface area contributed by atoms with E-state index in [9.17, 15) is 4.79 Å². The highest BCUT2D eigenvalue weighted by atomic mass is 16.7. The molecule has 1 N–H and O–H groups in total. The van der Waals surface area contributed by atoms with Crippen LogP contribution in [0.3, 0.4) is 0 Å². The SMILES string of the molecule is CCCCCc1ncc(C[C@H](C=O)c2ccc3c(c2)OCO3)[nH]1. The maximum Gasteiger partial charge on any atom is 0.231 e. The Labute approximate surface area is 136 Å². The lowest BCUT2D eigenvalue weighted by Gasteiger charge is -2.10. The summed E-state index contributed by atoms with van der Waals surface area (Å²) in [7, 11) is 0. The molecule has 5 nitrogen and oxygen atoms in total. The fourth-order valence-corrected chi connectivity index (χ4v) is 2.80. The fraction of sp³-hybridized carbons (Fsp3) is 0.444. The fourth-order valence-electron chi connectivity index (χ4n) is 2.80. The molecule has 0 radical (unpaired) electrons. The van der Waals surface area contributed by atoms with Crippen LogP contribution in [0.5, 0.6) is 11.5 Å². The number of aldehydes is 1. The lowest BCUT2D eigenvalue weighted by atomic mass is 9.95. The number of rotatable bonds is 8. The summed E-state index contributed by atoms with van der Waals surface area (Å²) in [4.78, 5) is 19.3. The van der Waals surface area contributed by atoms with Gasteiger partial charge in [-0.25, -0.2) is 4.98 Å². The topological polar surface area (TPSA) is 64.2 Å². The van der Waals surface area contributed by atoms with Crippen LogP contribution in [0.15, 0.2) is 24.4 Å². The maximum absolute atomic E-state index is 11.5. The molecule has 0 bridgehead atoms. The zero-order chi connectivity index (χ0) is 16.1. The number of hydrogen-bond acceptors (Lipinski definition) is 4. The number of aromatic amines is 1. The highest BCUT2D eigenvalue weighted by Crippen LogP contribution is 2.34. The van der Waals surface area contributed by atoms with Gasteiger partial charge in [-0.05, 0) is 24.1 Å². The lowest BCUT2D eigenvalue weighted by Crippen LogP contribution is -2.05. The quantitative estimate of drug-likeness (QED) is 0.599. The van der Waals surface area contributed by atoms with Crippen molar-refractivity contribution >= 4 is 6.29 Å². The standard InChI is InChI=1S/C18H22N2O3/c1-2-3-4-5-18-19-10-15(20-18)8-14(11-21)13-6-7-16-17(9-13)23-12-22-16/h6-7,9-11,14H,2-5,8,12H2,1H3,(H,19,20)/t14-/m1/s1. The molecule has 1 aromatic carbocycles. The molecule has 1 aliphatic rings. The van der Waals surface area contributed by atoms with E-state index in [-0.39, 0.29) is 12.7 Å². The van der Waals surface area contributed by atoms with Gasteiger partial charge in [0.2, 0.25) is 6.79 Å². The predicted molar refractivity (Wildman–Crippen MR) is 86.9 cm³/mol. The minimum absolute atomic E-state index is 0.214. The van der Waals surface area contributed by atoms with Crippen molar-refractivity contribution in [2.75, 3.05) is 6.79 Å². The second-order valence-electron chi connectivity index (χ2n) is 5.87. The van der Waals surface area contributed by atoms with Gasteiger partial charge in [-0.15, -0.1) is 0 Å². The van der Waals surface area contributed by atoms with E-state index in [2.05, 4.69) is 16.9 Å². The van der Waals surface area contributed by atoms with Crippen LogP contribution in [0.4, 0.5) is 0 Å². The molecule has 23 heavy (non-hydrogen) atoms. The first-order valence-electron chi connectivity index (χ1n) is 8.17. The second-order valence-corrected chi connectivity index (χ2v) is 5.87. The number of carbonyl (C=O) groups is 1.